The molecule has 0 radical (unpaired) electrons. The average Bonchev–Trinajstić information content (AvgIpc) is 2.73. The van der Waals surface area contributed by atoms with Gasteiger partial charge >= 0.3 is 13.4 Å². The maximum Gasteiger partial charge on any atom is 0.319 e. The summed E-state index contributed by atoms with van der Waals surface area (Å²) < 4.78 is 0. The zero-order valence-corrected chi connectivity index (χ0v) is 24.5. The molecule has 0 spiro atoms. The molecule has 1 rings (SSSR count). The van der Waals surface area contributed by atoms with Gasteiger partial charge < -0.3 is 29.4 Å². The lowest BCUT2D eigenvalue weighted by atomic mass is 10.0. The second-order valence-corrected chi connectivity index (χ2v) is 13.0. The van der Waals surface area contributed by atoms with Crippen LogP contribution in [0.1, 0.15) is 117 Å². The molecule has 34 heavy (non-hydrogen) atoms. The molecule has 1 heterocycles. The summed E-state index contributed by atoms with van der Waals surface area (Å²) in [6.07, 6.45) is 26.9. The summed E-state index contributed by atoms with van der Waals surface area (Å²) in [6.45, 7) is -3.02. The zero-order chi connectivity index (χ0) is 26.6. The van der Waals surface area contributed by atoms with Crippen LogP contribution in [0.4, 0.5) is 0 Å². The van der Waals surface area contributed by atoms with E-state index in [0.29, 0.717) is 0 Å². The Morgan fingerprint density at radius 1 is 0.471 bits per heavy atom. The summed E-state index contributed by atoms with van der Waals surface area (Å²) in [7, 11) is 0. The number of unbranched alkanes of at least 4 members (excludes halogenated alkanes) is 15. The van der Waals surface area contributed by atoms with Crippen molar-refractivity contribution in [2.45, 2.75) is 117 Å². The predicted molar refractivity (Wildman–Crippen MR) is 151 cm³/mol. The quantitative estimate of drug-likeness (QED) is 0.102. The van der Waals surface area contributed by atoms with Gasteiger partial charge in [-0.05, 0) is 35.7 Å². The Bertz CT molecular complexity index is 509. The van der Waals surface area contributed by atoms with Gasteiger partial charge in [0.05, 0.1) is 0 Å². The maximum absolute atomic E-state index is 7.56. The lowest BCUT2D eigenvalue weighted by Gasteiger charge is -2.03. The summed E-state index contributed by atoms with van der Waals surface area (Å²) in [5.74, 6) is 0. The molecule has 1 aromatic heterocycles. The minimum atomic E-state index is -3.81. The number of hydrogen-bond acceptors (Lipinski definition) is 3. The Morgan fingerprint density at radius 2 is 0.676 bits per heavy atom. The largest absolute Gasteiger partial charge is 0.325 e. The molecule has 204 valence electrons. The molecule has 0 bridgehead atoms. The number of aromatic nitrogens is 1. The topological polar surface area (TPSA) is 134 Å². The fraction of sp³-hybridized carbons (Fsp3) is 0.783. The number of rotatable bonds is 15. The SMILES string of the molecule is CCCCCCCCCCCCCCCCCC.OP(O)(O)=S.OP(O)(O)=S.c1ccncc1. The molecule has 0 saturated carbocycles. The second kappa shape index (κ2) is 29.4. The molecule has 0 aliphatic carbocycles. The van der Waals surface area contributed by atoms with Crippen LogP contribution in [0.3, 0.4) is 0 Å². The van der Waals surface area contributed by atoms with Crippen molar-refractivity contribution in [3.05, 3.63) is 30.6 Å². The molecule has 0 saturated heterocycles. The number of hydrogen-bond donors (Lipinski definition) is 6. The van der Waals surface area contributed by atoms with Crippen molar-refractivity contribution in [2.24, 2.45) is 0 Å². The van der Waals surface area contributed by atoms with E-state index in [4.69, 9.17) is 29.4 Å². The lowest BCUT2D eigenvalue weighted by molar-refractivity contribution is 0.361. The Kier molecular flexibility index (Phi) is 33.5. The van der Waals surface area contributed by atoms with E-state index in [-0.39, 0.29) is 0 Å². The number of pyridine rings is 1. The van der Waals surface area contributed by atoms with Crippen molar-refractivity contribution in [2.75, 3.05) is 0 Å². The van der Waals surface area contributed by atoms with E-state index in [2.05, 4.69) is 42.4 Å². The van der Waals surface area contributed by atoms with Crippen LogP contribution >= 0.6 is 13.4 Å². The summed E-state index contributed by atoms with van der Waals surface area (Å²) in [4.78, 5) is 49.1. The normalized spacial score (nSPS) is 10.7. The first-order valence-electron chi connectivity index (χ1n) is 12.3. The summed E-state index contributed by atoms with van der Waals surface area (Å²) in [5.41, 5.74) is 0. The molecular formula is C23H49NO6P2S2. The molecule has 11 heteroatoms. The predicted octanol–water partition coefficient (Wildman–Crippen LogP) is 6.73. The summed E-state index contributed by atoms with van der Waals surface area (Å²) in [5, 5.41) is 0. The Labute approximate surface area is 218 Å². The van der Waals surface area contributed by atoms with Crippen LogP contribution in [0.2, 0.25) is 0 Å². The van der Waals surface area contributed by atoms with E-state index in [1.165, 1.54) is 103 Å². The van der Waals surface area contributed by atoms with Crippen molar-refractivity contribution in [3.63, 3.8) is 0 Å². The molecule has 0 aromatic carbocycles. The third-order valence-corrected chi connectivity index (χ3v) is 4.52. The van der Waals surface area contributed by atoms with Gasteiger partial charge in [0.2, 0.25) is 0 Å². The monoisotopic (exact) mass is 561 g/mol. The maximum atomic E-state index is 7.56. The van der Waals surface area contributed by atoms with Gasteiger partial charge in [-0.1, -0.05) is 123 Å². The highest BCUT2D eigenvalue weighted by Gasteiger charge is 1.94. The summed E-state index contributed by atoms with van der Waals surface area (Å²) in [6, 6.07) is 5.72. The van der Waals surface area contributed by atoms with Crippen molar-refractivity contribution < 1.29 is 29.4 Å². The smallest absolute Gasteiger partial charge is 0.319 e. The first-order valence-corrected chi connectivity index (χ1v) is 17.7. The highest BCUT2D eigenvalue weighted by atomic mass is 32.5. The highest BCUT2D eigenvalue weighted by Crippen LogP contribution is 2.27. The molecule has 0 unspecified atom stereocenters. The van der Waals surface area contributed by atoms with Crippen molar-refractivity contribution in [3.8, 4) is 0 Å². The first-order chi connectivity index (χ1) is 15.9. The van der Waals surface area contributed by atoms with Crippen LogP contribution in [-0.4, -0.2) is 34.3 Å². The number of nitrogens with zero attached hydrogens (tertiary/aromatic N) is 1. The third kappa shape index (κ3) is 69.7. The Hall–Kier alpha value is 0.210. The first kappa shape index (κ1) is 38.7. The van der Waals surface area contributed by atoms with Gasteiger partial charge in [0.15, 0.2) is 0 Å². The van der Waals surface area contributed by atoms with Gasteiger partial charge in [-0.25, -0.2) is 0 Å². The van der Waals surface area contributed by atoms with Crippen LogP contribution in [-0.2, 0) is 23.6 Å². The Morgan fingerprint density at radius 3 is 0.794 bits per heavy atom. The van der Waals surface area contributed by atoms with Gasteiger partial charge in [-0.3, -0.25) is 4.98 Å². The molecule has 7 nitrogen and oxygen atoms in total. The molecule has 6 N–H and O–H groups in total. The molecule has 0 aliphatic rings. The fourth-order valence-corrected chi connectivity index (χ4v) is 2.93. The minimum absolute atomic E-state index is 1.37. The fourth-order valence-electron chi connectivity index (χ4n) is 2.93. The van der Waals surface area contributed by atoms with E-state index in [1.54, 1.807) is 12.4 Å². The van der Waals surface area contributed by atoms with Gasteiger partial charge in [0, 0.05) is 12.4 Å². The van der Waals surface area contributed by atoms with Crippen molar-refractivity contribution in [1.29, 1.82) is 0 Å². The van der Waals surface area contributed by atoms with E-state index in [1.807, 2.05) is 18.2 Å². The van der Waals surface area contributed by atoms with Crippen LogP contribution in [0.25, 0.3) is 0 Å². The molecule has 0 fully saturated rings. The van der Waals surface area contributed by atoms with Crippen LogP contribution in [0.15, 0.2) is 30.6 Å². The molecule has 0 aliphatic heterocycles. The Balaban J connectivity index is -0.000000481. The van der Waals surface area contributed by atoms with Crippen LogP contribution < -0.4 is 0 Å². The average molecular weight is 562 g/mol. The van der Waals surface area contributed by atoms with Crippen molar-refractivity contribution in [1.82, 2.24) is 4.98 Å². The minimum Gasteiger partial charge on any atom is -0.325 e. The second-order valence-electron chi connectivity index (χ2n) is 8.00. The van der Waals surface area contributed by atoms with Gasteiger partial charge in [-0.2, -0.15) is 0 Å². The molecule has 1 aromatic rings. The van der Waals surface area contributed by atoms with E-state index in [9.17, 15) is 0 Å². The van der Waals surface area contributed by atoms with E-state index < -0.39 is 13.4 Å². The van der Waals surface area contributed by atoms with Crippen LogP contribution in [0, 0.1) is 0 Å². The lowest BCUT2D eigenvalue weighted by Crippen LogP contribution is -1.83. The van der Waals surface area contributed by atoms with E-state index in [0.717, 1.165) is 0 Å². The summed E-state index contributed by atoms with van der Waals surface area (Å²) >= 11 is 7.21. The van der Waals surface area contributed by atoms with Gasteiger partial charge in [0.25, 0.3) is 0 Å². The standard InChI is InChI=1S/C18H38.C5H5N.2H3O3PS/c1-3-5-7-9-11-13-15-17-18-16-14-12-10-8-6-4-2;1-2-4-6-5-3-1;2*1-4(2,3)5/h3-18H2,1-2H3;1-5H;2*(H3,1,2,3,5). The van der Waals surface area contributed by atoms with E-state index >= 15 is 0 Å². The highest BCUT2D eigenvalue weighted by molar-refractivity contribution is 8.06. The van der Waals surface area contributed by atoms with Crippen molar-refractivity contribution >= 4 is 37.1 Å². The molecule has 0 atom stereocenters. The third-order valence-electron chi connectivity index (χ3n) is 4.52. The molecule has 0 amide bonds. The zero-order valence-electron chi connectivity index (χ0n) is 21.0. The van der Waals surface area contributed by atoms with Crippen LogP contribution in [0.5, 0.6) is 0 Å². The molecular weight excluding hydrogens is 512 g/mol. The van der Waals surface area contributed by atoms with Gasteiger partial charge in [0.1, 0.15) is 0 Å². The van der Waals surface area contributed by atoms with Gasteiger partial charge in [-0.15, -0.1) is 0 Å².